The highest BCUT2D eigenvalue weighted by molar-refractivity contribution is 6.19. The molecule has 0 saturated carbocycles. The Morgan fingerprint density at radius 2 is 0.930 bits per heavy atom. The molecule has 0 spiro atoms. The molecule has 5 heteroatoms. The Kier molecular flexibility index (Phi) is 6.86. The Morgan fingerprint density at radius 3 is 1.70 bits per heavy atom. The van der Waals surface area contributed by atoms with Gasteiger partial charge in [0.1, 0.15) is 0 Å². The fourth-order valence-electron chi connectivity index (χ4n) is 8.91. The van der Waals surface area contributed by atoms with Crippen molar-refractivity contribution in [3.8, 4) is 39.7 Å². The van der Waals surface area contributed by atoms with Gasteiger partial charge in [-0.05, 0) is 84.9 Å². The minimum absolute atomic E-state index is 0.701. The first-order valence-electron chi connectivity index (χ1n) is 19.3. The van der Waals surface area contributed by atoms with E-state index in [0.29, 0.717) is 5.82 Å². The second-order valence-corrected chi connectivity index (χ2v) is 14.7. The van der Waals surface area contributed by atoms with Crippen LogP contribution in [0.25, 0.3) is 105 Å². The van der Waals surface area contributed by atoms with Crippen LogP contribution in [0.1, 0.15) is 0 Å². The third-order valence-electron chi connectivity index (χ3n) is 11.4. The number of hydrogen-bond donors (Lipinski definition) is 0. The minimum Gasteiger partial charge on any atom is -0.315 e. The molecular weight excluding hydrogens is 695 g/mol. The Labute approximate surface area is 328 Å². The molecule has 266 valence electrons. The SMILES string of the molecule is c1ccc(-n2ccc3ccc4c5cc(-c6nc(-c7ccc8c(c7)c7ccccc7n8-c7ccccc7)c7ccccc7n6)ccc5n(-c5ccccc5)c4c32)cc1. The van der Waals surface area contributed by atoms with Crippen LogP contribution in [0.2, 0.25) is 0 Å². The molecule has 0 unspecified atom stereocenters. The molecule has 0 N–H and O–H groups in total. The van der Waals surface area contributed by atoms with Gasteiger partial charge in [-0.1, -0.05) is 109 Å². The van der Waals surface area contributed by atoms with Gasteiger partial charge in [0.05, 0.1) is 38.8 Å². The van der Waals surface area contributed by atoms with Crippen molar-refractivity contribution in [2.24, 2.45) is 0 Å². The predicted octanol–water partition coefficient (Wildman–Crippen LogP) is 13.1. The maximum atomic E-state index is 5.41. The molecular formula is C52H33N5. The highest BCUT2D eigenvalue weighted by Crippen LogP contribution is 2.41. The summed E-state index contributed by atoms with van der Waals surface area (Å²) < 4.78 is 7.07. The number of para-hydroxylation sites is 5. The van der Waals surface area contributed by atoms with Crippen molar-refractivity contribution in [3.63, 3.8) is 0 Å². The lowest BCUT2D eigenvalue weighted by Gasteiger charge is -2.12. The fourth-order valence-corrected chi connectivity index (χ4v) is 8.91. The van der Waals surface area contributed by atoms with Gasteiger partial charge >= 0.3 is 0 Å². The lowest BCUT2D eigenvalue weighted by atomic mass is 10.0. The maximum absolute atomic E-state index is 5.41. The van der Waals surface area contributed by atoms with Gasteiger partial charge in [0.25, 0.3) is 0 Å². The minimum atomic E-state index is 0.701. The van der Waals surface area contributed by atoms with Gasteiger partial charge in [-0.15, -0.1) is 0 Å². The monoisotopic (exact) mass is 727 g/mol. The Morgan fingerprint density at radius 1 is 0.351 bits per heavy atom. The van der Waals surface area contributed by atoms with Crippen LogP contribution in [-0.2, 0) is 0 Å². The molecule has 5 nitrogen and oxygen atoms in total. The fraction of sp³-hybridized carbons (Fsp3) is 0. The molecule has 0 amide bonds. The average Bonchev–Trinajstić information content (AvgIpc) is 3.97. The molecule has 0 fully saturated rings. The Bertz CT molecular complexity index is 3500. The summed E-state index contributed by atoms with van der Waals surface area (Å²) in [5.74, 6) is 0.701. The van der Waals surface area contributed by atoms with Crippen LogP contribution in [0.5, 0.6) is 0 Å². The first-order chi connectivity index (χ1) is 28.3. The maximum Gasteiger partial charge on any atom is 0.160 e. The zero-order valence-electron chi connectivity index (χ0n) is 30.8. The van der Waals surface area contributed by atoms with Crippen LogP contribution in [0.15, 0.2) is 200 Å². The van der Waals surface area contributed by atoms with E-state index in [4.69, 9.17) is 9.97 Å². The van der Waals surface area contributed by atoms with Gasteiger partial charge in [0.15, 0.2) is 5.82 Å². The van der Waals surface area contributed by atoms with Crippen molar-refractivity contribution in [2.75, 3.05) is 0 Å². The van der Waals surface area contributed by atoms with Crippen LogP contribution in [0.3, 0.4) is 0 Å². The summed E-state index contributed by atoms with van der Waals surface area (Å²) >= 11 is 0. The molecule has 57 heavy (non-hydrogen) atoms. The zero-order chi connectivity index (χ0) is 37.5. The molecule has 0 aliphatic rings. The van der Waals surface area contributed by atoms with Crippen LogP contribution in [-0.4, -0.2) is 23.7 Å². The standard InChI is InChI=1S/C52H33N5/c1-4-14-37(15-5-1)55-31-30-34-24-27-41-44-33-36(26-29-48(44)57(51(41)50(34)55)39-18-8-3-9-19-39)52-53-45-22-12-10-21-42(45)49(54-52)35-25-28-47-43(32-35)40-20-11-13-23-46(40)56(47)38-16-6-2-7-17-38/h1-33H. The quantitative estimate of drug-likeness (QED) is 0.177. The smallest absolute Gasteiger partial charge is 0.160 e. The van der Waals surface area contributed by atoms with Crippen molar-refractivity contribution in [1.82, 2.24) is 23.7 Å². The van der Waals surface area contributed by atoms with E-state index in [1.165, 1.54) is 38.1 Å². The number of fused-ring (bicyclic) bond motifs is 9. The summed E-state index contributed by atoms with van der Waals surface area (Å²) in [6.45, 7) is 0. The lowest BCUT2D eigenvalue weighted by molar-refractivity contribution is 1.12. The van der Waals surface area contributed by atoms with Crippen LogP contribution < -0.4 is 0 Å². The van der Waals surface area contributed by atoms with E-state index in [9.17, 15) is 0 Å². The summed E-state index contributed by atoms with van der Waals surface area (Å²) in [7, 11) is 0. The highest BCUT2D eigenvalue weighted by Gasteiger charge is 2.21. The normalized spacial score (nSPS) is 11.9. The number of hydrogen-bond acceptors (Lipinski definition) is 2. The van der Waals surface area contributed by atoms with E-state index in [1.54, 1.807) is 0 Å². The first-order valence-corrected chi connectivity index (χ1v) is 19.3. The van der Waals surface area contributed by atoms with Gasteiger partial charge in [-0.25, -0.2) is 9.97 Å². The Balaban J connectivity index is 1.09. The van der Waals surface area contributed by atoms with Crippen molar-refractivity contribution in [2.45, 2.75) is 0 Å². The molecule has 12 rings (SSSR count). The van der Waals surface area contributed by atoms with Crippen LogP contribution in [0, 0.1) is 0 Å². The van der Waals surface area contributed by atoms with Gasteiger partial charge in [0, 0.05) is 66.7 Å². The summed E-state index contributed by atoms with van der Waals surface area (Å²) in [6, 6.07) is 69.1. The van der Waals surface area contributed by atoms with Crippen molar-refractivity contribution < 1.29 is 0 Å². The van der Waals surface area contributed by atoms with E-state index in [2.05, 4.69) is 214 Å². The van der Waals surface area contributed by atoms with E-state index in [0.717, 1.165) is 61.2 Å². The second kappa shape index (κ2) is 12.4. The highest BCUT2D eigenvalue weighted by atomic mass is 15.0. The van der Waals surface area contributed by atoms with E-state index >= 15 is 0 Å². The summed E-state index contributed by atoms with van der Waals surface area (Å²) in [5.41, 5.74) is 13.1. The van der Waals surface area contributed by atoms with Gasteiger partial charge in [0.2, 0.25) is 0 Å². The van der Waals surface area contributed by atoms with Crippen LogP contribution in [0.4, 0.5) is 0 Å². The lowest BCUT2D eigenvalue weighted by Crippen LogP contribution is -1.98. The van der Waals surface area contributed by atoms with Crippen molar-refractivity contribution in [1.29, 1.82) is 0 Å². The number of nitrogens with zero attached hydrogens (tertiary/aromatic N) is 5. The second-order valence-electron chi connectivity index (χ2n) is 14.7. The number of benzene rings is 8. The molecule has 8 aromatic carbocycles. The summed E-state index contributed by atoms with van der Waals surface area (Å²) in [5, 5.41) is 6.96. The van der Waals surface area contributed by atoms with Crippen molar-refractivity contribution >= 4 is 65.4 Å². The molecule has 0 saturated heterocycles. The summed E-state index contributed by atoms with van der Waals surface area (Å²) in [6.07, 6.45) is 2.18. The van der Waals surface area contributed by atoms with E-state index < -0.39 is 0 Å². The zero-order valence-corrected chi connectivity index (χ0v) is 30.8. The summed E-state index contributed by atoms with van der Waals surface area (Å²) in [4.78, 5) is 10.6. The molecule has 0 radical (unpaired) electrons. The predicted molar refractivity (Wildman–Crippen MR) is 236 cm³/mol. The first kappa shape index (κ1) is 31.6. The molecule has 0 aliphatic heterocycles. The number of aromatic nitrogens is 5. The third-order valence-corrected chi connectivity index (χ3v) is 11.4. The molecule has 4 aromatic heterocycles. The average molecular weight is 728 g/mol. The molecule has 0 bridgehead atoms. The largest absolute Gasteiger partial charge is 0.315 e. The Hall–Kier alpha value is -7.76. The molecule has 12 aromatic rings. The number of rotatable bonds is 5. The van der Waals surface area contributed by atoms with Gasteiger partial charge in [-0.2, -0.15) is 0 Å². The van der Waals surface area contributed by atoms with Crippen LogP contribution >= 0.6 is 0 Å². The van der Waals surface area contributed by atoms with E-state index in [-0.39, 0.29) is 0 Å². The van der Waals surface area contributed by atoms with Gasteiger partial charge in [-0.3, -0.25) is 0 Å². The molecule has 0 atom stereocenters. The van der Waals surface area contributed by atoms with Crippen molar-refractivity contribution in [3.05, 3.63) is 200 Å². The topological polar surface area (TPSA) is 40.6 Å². The third kappa shape index (κ3) is 4.82. The molecule has 0 aliphatic carbocycles. The van der Waals surface area contributed by atoms with E-state index in [1.807, 2.05) is 0 Å². The molecule has 4 heterocycles. The van der Waals surface area contributed by atoms with Gasteiger partial charge < -0.3 is 13.7 Å².